The Balaban J connectivity index is 3.02. The third-order valence-corrected chi connectivity index (χ3v) is 1.18. The molecule has 3 N–H and O–H groups in total. The van der Waals surface area contributed by atoms with Gasteiger partial charge in [0.1, 0.15) is 18.3 Å². The molecule has 0 aliphatic rings. The smallest absolute Gasteiger partial charge is 0.144 e. The Kier molecular flexibility index (Phi) is 2.32. The number of alkyl halides is 1. The van der Waals surface area contributed by atoms with Crippen molar-refractivity contribution >= 4 is 5.82 Å². The second kappa shape index (κ2) is 3.25. The Morgan fingerprint density at radius 3 is 2.91 bits per heavy atom. The van der Waals surface area contributed by atoms with Crippen LogP contribution in [0.15, 0.2) is 6.07 Å². The number of halogens is 1. The van der Waals surface area contributed by atoms with Gasteiger partial charge in [0.05, 0.1) is 5.69 Å². The van der Waals surface area contributed by atoms with Gasteiger partial charge in [-0.3, -0.25) is 0 Å². The molecular weight excluding hydrogens is 147 g/mol. The van der Waals surface area contributed by atoms with Crippen LogP contribution in [-0.2, 0) is 6.67 Å². The van der Waals surface area contributed by atoms with E-state index in [1.165, 1.54) is 6.07 Å². The normalized spacial score (nSPS) is 9.73. The maximum absolute atomic E-state index is 12.1. The summed E-state index contributed by atoms with van der Waals surface area (Å²) in [6.07, 6.45) is 0. The predicted molar refractivity (Wildman–Crippen MR) is 39.4 cm³/mol. The van der Waals surface area contributed by atoms with Gasteiger partial charge in [-0.05, 0) is 6.92 Å². The number of aryl methyl sites for hydroxylation is 1. The monoisotopic (exact) mass is 156 g/mol. The minimum absolute atomic E-state index is 0.338. The van der Waals surface area contributed by atoms with Gasteiger partial charge in [-0.1, -0.05) is 0 Å². The lowest BCUT2D eigenvalue weighted by Crippen LogP contribution is -2.10. The highest BCUT2D eigenvalue weighted by atomic mass is 19.1. The number of hydrazine groups is 1. The van der Waals surface area contributed by atoms with E-state index in [9.17, 15) is 4.39 Å². The zero-order valence-electron chi connectivity index (χ0n) is 6.13. The average molecular weight is 156 g/mol. The Bertz CT molecular complexity index is 228. The number of nitrogens with zero attached hydrogens (tertiary/aromatic N) is 2. The summed E-state index contributed by atoms with van der Waals surface area (Å²) in [5, 5.41) is 0. The van der Waals surface area contributed by atoms with E-state index in [4.69, 9.17) is 5.84 Å². The van der Waals surface area contributed by atoms with Gasteiger partial charge in [-0.25, -0.2) is 20.2 Å². The summed E-state index contributed by atoms with van der Waals surface area (Å²) in [7, 11) is 0. The SMILES string of the molecule is Cc1nc(CF)cc(NN)n1. The van der Waals surface area contributed by atoms with Crippen molar-refractivity contribution < 1.29 is 4.39 Å². The quantitative estimate of drug-likeness (QED) is 0.484. The van der Waals surface area contributed by atoms with Crippen LogP contribution < -0.4 is 11.3 Å². The Morgan fingerprint density at radius 1 is 1.64 bits per heavy atom. The van der Waals surface area contributed by atoms with Crippen LogP contribution in [0, 0.1) is 6.92 Å². The number of nitrogens with one attached hydrogen (secondary N) is 1. The molecule has 0 radical (unpaired) electrons. The number of hydrogen-bond acceptors (Lipinski definition) is 4. The molecular formula is C6H9FN4. The molecule has 1 rings (SSSR count). The fourth-order valence-corrected chi connectivity index (χ4v) is 0.772. The summed E-state index contributed by atoms with van der Waals surface area (Å²) >= 11 is 0. The molecule has 1 aromatic rings. The summed E-state index contributed by atoms with van der Waals surface area (Å²) in [4.78, 5) is 7.70. The molecule has 1 heterocycles. The molecule has 0 saturated heterocycles. The van der Waals surface area contributed by atoms with Gasteiger partial charge in [-0.15, -0.1) is 0 Å². The molecule has 0 spiro atoms. The molecule has 5 heteroatoms. The van der Waals surface area contributed by atoms with Crippen molar-refractivity contribution in [2.24, 2.45) is 5.84 Å². The largest absolute Gasteiger partial charge is 0.308 e. The number of aromatic nitrogens is 2. The summed E-state index contributed by atoms with van der Waals surface area (Å²) in [6.45, 7) is 1.08. The molecule has 0 unspecified atom stereocenters. The first-order chi connectivity index (χ1) is 5.26. The molecule has 0 fully saturated rings. The summed E-state index contributed by atoms with van der Waals surface area (Å²) < 4.78 is 12.1. The molecule has 0 aliphatic heterocycles. The van der Waals surface area contributed by atoms with Gasteiger partial charge in [-0.2, -0.15) is 0 Å². The van der Waals surface area contributed by atoms with Crippen LogP contribution in [0.2, 0.25) is 0 Å². The first-order valence-corrected chi connectivity index (χ1v) is 3.13. The van der Waals surface area contributed by atoms with Gasteiger partial charge in [0.2, 0.25) is 0 Å². The molecule has 60 valence electrons. The van der Waals surface area contributed by atoms with E-state index < -0.39 is 6.67 Å². The maximum Gasteiger partial charge on any atom is 0.144 e. The second-order valence-electron chi connectivity index (χ2n) is 2.07. The van der Waals surface area contributed by atoms with Crippen LogP contribution in [0.1, 0.15) is 11.5 Å². The minimum Gasteiger partial charge on any atom is -0.308 e. The molecule has 11 heavy (non-hydrogen) atoms. The van der Waals surface area contributed by atoms with E-state index in [0.29, 0.717) is 17.3 Å². The van der Waals surface area contributed by atoms with E-state index in [0.717, 1.165) is 0 Å². The molecule has 1 aromatic heterocycles. The maximum atomic E-state index is 12.1. The lowest BCUT2D eigenvalue weighted by Gasteiger charge is -2.01. The average Bonchev–Trinajstić information content (AvgIpc) is 2.03. The van der Waals surface area contributed by atoms with E-state index in [-0.39, 0.29) is 0 Å². The highest BCUT2D eigenvalue weighted by Gasteiger charge is 1.98. The molecule has 0 amide bonds. The van der Waals surface area contributed by atoms with Gasteiger partial charge in [0.15, 0.2) is 0 Å². The van der Waals surface area contributed by atoms with Crippen molar-refractivity contribution in [3.63, 3.8) is 0 Å². The van der Waals surface area contributed by atoms with Crippen LogP contribution in [0.4, 0.5) is 10.2 Å². The van der Waals surface area contributed by atoms with E-state index in [1.807, 2.05) is 0 Å². The van der Waals surface area contributed by atoms with Gasteiger partial charge in [0.25, 0.3) is 0 Å². The van der Waals surface area contributed by atoms with Crippen molar-refractivity contribution in [1.82, 2.24) is 9.97 Å². The molecule has 0 saturated carbocycles. The zero-order valence-corrected chi connectivity index (χ0v) is 6.13. The molecule has 4 nitrogen and oxygen atoms in total. The second-order valence-corrected chi connectivity index (χ2v) is 2.07. The van der Waals surface area contributed by atoms with Crippen molar-refractivity contribution in [3.8, 4) is 0 Å². The highest BCUT2D eigenvalue weighted by Crippen LogP contribution is 2.05. The lowest BCUT2D eigenvalue weighted by molar-refractivity contribution is 0.474. The van der Waals surface area contributed by atoms with Gasteiger partial charge >= 0.3 is 0 Å². The van der Waals surface area contributed by atoms with Crippen LogP contribution in [0.5, 0.6) is 0 Å². The summed E-state index contributed by atoms with van der Waals surface area (Å²) in [5.74, 6) is 6.02. The number of hydrogen-bond donors (Lipinski definition) is 2. The van der Waals surface area contributed by atoms with Crippen LogP contribution in [0.25, 0.3) is 0 Å². The third kappa shape index (κ3) is 1.84. The van der Waals surface area contributed by atoms with Crippen molar-refractivity contribution in [2.75, 3.05) is 5.43 Å². The Labute approximate surface area is 63.6 Å². The number of nitrogens with two attached hydrogens (primary N) is 1. The molecule has 0 atom stereocenters. The fourth-order valence-electron chi connectivity index (χ4n) is 0.772. The zero-order chi connectivity index (χ0) is 8.27. The van der Waals surface area contributed by atoms with E-state index in [2.05, 4.69) is 15.4 Å². The van der Waals surface area contributed by atoms with Crippen LogP contribution in [-0.4, -0.2) is 9.97 Å². The van der Waals surface area contributed by atoms with Crippen molar-refractivity contribution in [1.29, 1.82) is 0 Å². The topological polar surface area (TPSA) is 63.8 Å². The fraction of sp³-hybridized carbons (Fsp3) is 0.333. The predicted octanol–water partition coefficient (Wildman–Crippen LogP) is 0.540. The molecule has 0 bridgehead atoms. The minimum atomic E-state index is -0.599. The standard InChI is InChI=1S/C6H9FN4/c1-4-9-5(3-7)2-6(10-4)11-8/h2H,3,8H2,1H3,(H,9,10,11). The van der Waals surface area contributed by atoms with Gasteiger partial charge in [0, 0.05) is 6.07 Å². The Hall–Kier alpha value is -1.23. The summed E-state index contributed by atoms with van der Waals surface area (Å²) in [5.41, 5.74) is 2.66. The van der Waals surface area contributed by atoms with E-state index in [1.54, 1.807) is 6.92 Å². The first-order valence-electron chi connectivity index (χ1n) is 3.13. The number of rotatable bonds is 2. The van der Waals surface area contributed by atoms with Crippen molar-refractivity contribution in [3.05, 3.63) is 17.6 Å². The van der Waals surface area contributed by atoms with Gasteiger partial charge < -0.3 is 5.43 Å². The van der Waals surface area contributed by atoms with Crippen molar-refractivity contribution in [2.45, 2.75) is 13.6 Å². The summed E-state index contributed by atoms with van der Waals surface area (Å²) in [6, 6.07) is 1.47. The Morgan fingerprint density at radius 2 is 2.36 bits per heavy atom. The number of nitrogen functional groups attached to an aromatic ring is 1. The molecule has 0 aromatic carbocycles. The van der Waals surface area contributed by atoms with Crippen LogP contribution >= 0.6 is 0 Å². The van der Waals surface area contributed by atoms with Crippen LogP contribution in [0.3, 0.4) is 0 Å². The first kappa shape index (κ1) is 7.87. The third-order valence-electron chi connectivity index (χ3n) is 1.18. The lowest BCUT2D eigenvalue weighted by atomic mass is 10.4. The highest BCUT2D eigenvalue weighted by molar-refractivity contribution is 5.33. The molecule has 0 aliphatic carbocycles. The number of anilines is 1. The van der Waals surface area contributed by atoms with E-state index >= 15 is 0 Å².